The topological polar surface area (TPSA) is 47.6 Å². The molecule has 1 spiro atoms. The van der Waals surface area contributed by atoms with E-state index in [0.29, 0.717) is 38.4 Å². The number of rotatable bonds is 3. The Morgan fingerprint density at radius 3 is 2.48 bits per heavy atom. The molecule has 0 bridgehead atoms. The number of benzene rings is 1. The van der Waals surface area contributed by atoms with Crippen LogP contribution in [-0.2, 0) is 9.53 Å². The smallest absolute Gasteiger partial charge is 0.483 e. The van der Waals surface area contributed by atoms with Crippen LogP contribution in [0.2, 0.25) is 0 Å². The predicted molar refractivity (Wildman–Crippen MR) is 75.9 cm³/mol. The van der Waals surface area contributed by atoms with E-state index in [-0.39, 0.29) is 5.75 Å². The van der Waals surface area contributed by atoms with Gasteiger partial charge in [0.2, 0.25) is 0 Å². The van der Waals surface area contributed by atoms with Crippen LogP contribution < -0.4 is 10.1 Å². The van der Waals surface area contributed by atoms with Gasteiger partial charge in [0, 0.05) is 11.5 Å². The largest absolute Gasteiger partial charge is 0.490 e. The van der Waals surface area contributed by atoms with Crippen LogP contribution >= 0.6 is 0 Å². The summed E-state index contributed by atoms with van der Waals surface area (Å²) in [5.41, 5.74) is -0.618. The predicted octanol–water partition coefficient (Wildman–Crippen LogP) is 2.96. The second-order valence-corrected chi connectivity index (χ2v) is 6.37. The number of piperidine rings is 1. The standard InChI is InChI=1S/C16H16F5NO3/c17-9-1-2-11(10(18)7-9)24-12-8-15(3-5-22-6-4-15)13(12)25-14(23)16(19,20)21/h1-2,7,12-13,22H,3-6,8H2. The fourth-order valence-corrected chi connectivity index (χ4v) is 3.49. The van der Waals surface area contributed by atoms with E-state index in [1.807, 2.05) is 0 Å². The van der Waals surface area contributed by atoms with Crippen molar-refractivity contribution in [3.8, 4) is 5.75 Å². The Bertz CT molecular complexity index is 658. The second-order valence-electron chi connectivity index (χ2n) is 6.37. The normalized spacial score (nSPS) is 25.3. The van der Waals surface area contributed by atoms with Gasteiger partial charge in [-0.15, -0.1) is 0 Å². The quantitative estimate of drug-likeness (QED) is 0.661. The summed E-state index contributed by atoms with van der Waals surface area (Å²) in [6.07, 6.45) is -5.78. The van der Waals surface area contributed by atoms with Crippen LogP contribution in [0.15, 0.2) is 18.2 Å². The van der Waals surface area contributed by atoms with E-state index in [1.165, 1.54) is 0 Å². The van der Waals surface area contributed by atoms with Crippen LogP contribution in [0.4, 0.5) is 22.0 Å². The van der Waals surface area contributed by atoms with Gasteiger partial charge in [0.05, 0.1) is 0 Å². The van der Waals surface area contributed by atoms with Crippen LogP contribution in [0, 0.1) is 17.0 Å². The van der Waals surface area contributed by atoms with Gasteiger partial charge in [-0.25, -0.2) is 13.6 Å². The van der Waals surface area contributed by atoms with E-state index in [0.717, 1.165) is 12.1 Å². The highest BCUT2D eigenvalue weighted by Gasteiger charge is 2.59. The molecule has 2 unspecified atom stereocenters. The molecule has 1 aromatic rings. The molecule has 3 rings (SSSR count). The number of esters is 1. The molecule has 1 aromatic carbocycles. The maximum atomic E-state index is 13.7. The van der Waals surface area contributed by atoms with Gasteiger partial charge in [-0.05, 0) is 44.5 Å². The first-order valence-corrected chi connectivity index (χ1v) is 7.81. The molecular formula is C16H16F5NO3. The first kappa shape index (κ1) is 17.9. The molecule has 1 saturated heterocycles. The molecule has 138 valence electrons. The van der Waals surface area contributed by atoms with Crippen LogP contribution in [-0.4, -0.2) is 37.4 Å². The van der Waals surface area contributed by atoms with E-state index < -0.39 is 41.4 Å². The molecule has 0 aromatic heterocycles. The van der Waals surface area contributed by atoms with E-state index >= 15 is 0 Å². The van der Waals surface area contributed by atoms with E-state index in [4.69, 9.17) is 4.74 Å². The van der Waals surface area contributed by atoms with Crippen molar-refractivity contribution in [1.29, 1.82) is 0 Å². The number of carbonyl (C=O) groups excluding carboxylic acids is 1. The Morgan fingerprint density at radius 2 is 1.88 bits per heavy atom. The van der Waals surface area contributed by atoms with Gasteiger partial charge in [-0.1, -0.05) is 0 Å². The minimum Gasteiger partial charge on any atom is -0.483 e. The minimum absolute atomic E-state index is 0.289. The van der Waals surface area contributed by atoms with Gasteiger partial charge >= 0.3 is 12.1 Å². The third-order valence-corrected chi connectivity index (χ3v) is 4.79. The zero-order valence-electron chi connectivity index (χ0n) is 13.0. The first-order valence-electron chi connectivity index (χ1n) is 7.81. The number of nitrogens with one attached hydrogen (secondary N) is 1. The van der Waals surface area contributed by atoms with Crippen molar-refractivity contribution in [2.75, 3.05) is 13.1 Å². The molecule has 1 N–H and O–H groups in total. The maximum Gasteiger partial charge on any atom is 0.490 e. The van der Waals surface area contributed by atoms with Crippen molar-refractivity contribution >= 4 is 5.97 Å². The van der Waals surface area contributed by atoms with Gasteiger partial charge in [-0.3, -0.25) is 0 Å². The Hall–Kier alpha value is -1.90. The minimum atomic E-state index is -5.12. The molecular weight excluding hydrogens is 349 g/mol. The van der Waals surface area contributed by atoms with Crippen molar-refractivity contribution in [2.45, 2.75) is 37.6 Å². The summed E-state index contributed by atoms with van der Waals surface area (Å²) in [6.45, 7) is 1.16. The molecule has 1 aliphatic carbocycles. The average molecular weight is 365 g/mol. The molecule has 0 amide bonds. The summed E-state index contributed by atoms with van der Waals surface area (Å²) in [6, 6.07) is 2.65. The maximum absolute atomic E-state index is 13.7. The van der Waals surface area contributed by atoms with Gasteiger partial charge in [-0.2, -0.15) is 13.2 Å². The number of hydrogen-bond donors (Lipinski definition) is 1. The molecule has 9 heteroatoms. The highest BCUT2D eigenvalue weighted by atomic mass is 19.4. The molecule has 2 fully saturated rings. The second kappa shape index (κ2) is 6.44. The van der Waals surface area contributed by atoms with Crippen LogP contribution in [0.5, 0.6) is 5.75 Å². The van der Waals surface area contributed by atoms with Crippen LogP contribution in [0.3, 0.4) is 0 Å². The Morgan fingerprint density at radius 1 is 1.20 bits per heavy atom. The molecule has 2 aliphatic rings. The third-order valence-electron chi connectivity index (χ3n) is 4.79. The summed E-state index contributed by atoms with van der Waals surface area (Å²) in [4.78, 5) is 11.3. The first-order chi connectivity index (χ1) is 11.7. The van der Waals surface area contributed by atoms with Crippen molar-refractivity contribution in [3.05, 3.63) is 29.8 Å². The Kier molecular flexibility index (Phi) is 4.61. The molecule has 4 nitrogen and oxygen atoms in total. The van der Waals surface area contributed by atoms with Gasteiger partial charge in [0.15, 0.2) is 11.6 Å². The zero-order chi connectivity index (χ0) is 18.2. The fourth-order valence-electron chi connectivity index (χ4n) is 3.49. The molecule has 1 saturated carbocycles. The van der Waals surface area contributed by atoms with Crippen molar-refractivity contribution in [1.82, 2.24) is 5.32 Å². The van der Waals surface area contributed by atoms with Gasteiger partial charge in [0.1, 0.15) is 18.0 Å². The lowest BCUT2D eigenvalue weighted by molar-refractivity contribution is -0.237. The zero-order valence-corrected chi connectivity index (χ0v) is 13.0. The van der Waals surface area contributed by atoms with Gasteiger partial charge < -0.3 is 14.8 Å². The number of halogens is 5. The SMILES string of the molecule is O=C(OC1C(Oc2ccc(F)cc2F)CC12CCNCC2)C(F)(F)F. The summed E-state index contributed by atoms with van der Waals surface area (Å²) < 4.78 is 74.4. The Labute approximate surface area is 140 Å². The van der Waals surface area contributed by atoms with Crippen LogP contribution in [0.25, 0.3) is 0 Å². The molecule has 25 heavy (non-hydrogen) atoms. The monoisotopic (exact) mass is 365 g/mol. The third kappa shape index (κ3) is 3.56. The summed E-state index contributed by atoms with van der Waals surface area (Å²) in [7, 11) is 0. The lowest BCUT2D eigenvalue weighted by Gasteiger charge is -2.55. The van der Waals surface area contributed by atoms with Gasteiger partial charge in [0.25, 0.3) is 0 Å². The van der Waals surface area contributed by atoms with E-state index in [9.17, 15) is 26.7 Å². The lowest BCUT2D eigenvalue weighted by Crippen LogP contribution is -2.64. The highest BCUT2D eigenvalue weighted by molar-refractivity contribution is 5.76. The fraction of sp³-hybridized carbons (Fsp3) is 0.562. The molecule has 2 atom stereocenters. The van der Waals surface area contributed by atoms with Crippen molar-refractivity contribution in [3.63, 3.8) is 0 Å². The Balaban J connectivity index is 1.77. The summed E-state index contributed by atoms with van der Waals surface area (Å²) >= 11 is 0. The lowest BCUT2D eigenvalue weighted by atomic mass is 9.59. The molecule has 0 radical (unpaired) electrons. The molecule has 1 heterocycles. The highest BCUT2D eigenvalue weighted by Crippen LogP contribution is 2.51. The number of alkyl halides is 3. The molecule has 1 aliphatic heterocycles. The van der Waals surface area contributed by atoms with Crippen molar-refractivity contribution in [2.24, 2.45) is 5.41 Å². The summed E-state index contributed by atoms with van der Waals surface area (Å²) in [5, 5.41) is 3.09. The van der Waals surface area contributed by atoms with Crippen molar-refractivity contribution < 1.29 is 36.2 Å². The van der Waals surface area contributed by atoms with E-state index in [2.05, 4.69) is 10.1 Å². The number of hydrogen-bond acceptors (Lipinski definition) is 4. The van der Waals surface area contributed by atoms with Crippen LogP contribution in [0.1, 0.15) is 19.3 Å². The summed E-state index contributed by atoms with van der Waals surface area (Å²) in [5.74, 6) is -4.34. The number of carbonyl (C=O) groups is 1. The number of ether oxygens (including phenoxy) is 2. The van der Waals surface area contributed by atoms with E-state index in [1.54, 1.807) is 0 Å². The average Bonchev–Trinajstić information content (AvgIpc) is 2.54.